The molecule has 178 valence electrons. The molecule has 2 saturated heterocycles. The Hall–Kier alpha value is -3.14. The molecule has 3 aromatic rings. The third-order valence-corrected chi connectivity index (χ3v) is 7.18. The number of rotatable bonds is 6. The number of anilines is 1. The Kier molecular flexibility index (Phi) is 5.20. The Bertz CT molecular complexity index is 1200. The van der Waals surface area contributed by atoms with E-state index in [2.05, 4.69) is 25.3 Å². The minimum Gasteiger partial charge on any atom is -0.507 e. The first-order valence-corrected chi connectivity index (χ1v) is 11.6. The van der Waals surface area contributed by atoms with E-state index in [1.807, 2.05) is 0 Å². The quantitative estimate of drug-likeness (QED) is 0.568. The van der Waals surface area contributed by atoms with Crippen LogP contribution in [0.4, 0.5) is 19.0 Å². The van der Waals surface area contributed by atoms with E-state index in [0.717, 1.165) is 36.8 Å². The molecule has 1 aliphatic carbocycles. The molecular formula is C24H25F3N6O. The summed E-state index contributed by atoms with van der Waals surface area (Å²) in [5.41, 5.74) is 0.971. The molecule has 1 aromatic carbocycles. The zero-order valence-electron chi connectivity index (χ0n) is 18.4. The van der Waals surface area contributed by atoms with E-state index >= 15 is 4.39 Å². The highest BCUT2D eigenvalue weighted by molar-refractivity contribution is 5.74. The molecule has 0 spiro atoms. The maximum Gasteiger partial charge on any atom is 0.181 e. The van der Waals surface area contributed by atoms with Crippen LogP contribution in [0.25, 0.3) is 22.4 Å². The second-order valence-electron chi connectivity index (χ2n) is 9.43. The highest BCUT2D eigenvalue weighted by Gasteiger charge is 2.48. The second-order valence-corrected chi connectivity index (χ2v) is 9.43. The first-order valence-electron chi connectivity index (χ1n) is 11.6. The number of nitrogens with one attached hydrogen (secondary N) is 1. The van der Waals surface area contributed by atoms with Gasteiger partial charge < -0.3 is 15.3 Å². The van der Waals surface area contributed by atoms with Crippen molar-refractivity contribution in [1.29, 1.82) is 0 Å². The summed E-state index contributed by atoms with van der Waals surface area (Å²) in [5, 5.41) is 17.7. The third-order valence-electron chi connectivity index (χ3n) is 7.18. The number of fused-ring (bicyclic) bond motifs is 2. The van der Waals surface area contributed by atoms with Crippen molar-refractivity contribution in [1.82, 2.24) is 25.1 Å². The maximum absolute atomic E-state index is 15.3. The molecule has 0 amide bonds. The van der Waals surface area contributed by atoms with Crippen LogP contribution in [0.5, 0.6) is 5.75 Å². The highest BCUT2D eigenvalue weighted by atomic mass is 19.1. The lowest BCUT2D eigenvalue weighted by Gasteiger charge is -2.41. The van der Waals surface area contributed by atoms with E-state index in [9.17, 15) is 13.9 Å². The van der Waals surface area contributed by atoms with Crippen LogP contribution >= 0.6 is 0 Å². The van der Waals surface area contributed by atoms with Crippen molar-refractivity contribution in [3.63, 3.8) is 0 Å². The van der Waals surface area contributed by atoms with Crippen LogP contribution in [0.1, 0.15) is 32.1 Å². The van der Waals surface area contributed by atoms with Crippen molar-refractivity contribution in [3.05, 3.63) is 42.7 Å². The summed E-state index contributed by atoms with van der Waals surface area (Å²) in [4.78, 5) is 11.1. The van der Waals surface area contributed by atoms with Crippen LogP contribution in [0.15, 0.2) is 36.9 Å². The number of nitrogens with zero attached hydrogens (tertiary/aromatic N) is 5. The number of alkyl halides is 2. The molecule has 2 unspecified atom stereocenters. The van der Waals surface area contributed by atoms with E-state index in [4.69, 9.17) is 0 Å². The zero-order valence-corrected chi connectivity index (χ0v) is 18.4. The SMILES string of the molecule is Oc1cc(-c2cnn(CF)c2)c(F)cc1-c1cnc(N(C2CC2)C2C[C@H]3CC[C@H](N3)C2F)cn1. The number of aromatic hydroxyl groups is 1. The molecule has 4 heterocycles. The predicted octanol–water partition coefficient (Wildman–Crippen LogP) is 3.98. The van der Waals surface area contributed by atoms with Gasteiger partial charge in [-0.2, -0.15) is 5.10 Å². The highest BCUT2D eigenvalue weighted by Crippen LogP contribution is 2.40. The molecule has 6 rings (SSSR count). The molecular weight excluding hydrogens is 445 g/mol. The first kappa shape index (κ1) is 21.4. The van der Waals surface area contributed by atoms with Gasteiger partial charge in [-0.25, -0.2) is 22.8 Å². The number of phenols is 1. The van der Waals surface area contributed by atoms with E-state index < -0.39 is 18.8 Å². The number of hydrogen-bond donors (Lipinski definition) is 2. The summed E-state index contributed by atoms with van der Waals surface area (Å²) < 4.78 is 43.9. The normalized spacial score (nSPS) is 26.1. The number of hydrogen-bond acceptors (Lipinski definition) is 6. The summed E-state index contributed by atoms with van der Waals surface area (Å²) in [6.07, 6.45) is 9.42. The van der Waals surface area contributed by atoms with Gasteiger partial charge in [0.15, 0.2) is 6.80 Å². The lowest BCUT2D eigenvalue weighted by Crippen LogP contribution is -2.57. The molecule has 10 heteroatoms. The zero-order chi connectivity index (χ0) is 23.4. The first-order chi connectivity index (χ1) is 16.5. The van der Waals surface area contributed by atoms with Crippen LogP contribution in [-0.2, 0) is 6.80 Å². The number of aromatic nitrogens is 4. The molecule has 7 nitrogen and oxygen atoms in total. The summed E-state index contributed by atoms with van der Waals surface area (Å²) in [6, 6.07) is 2.72. The van der Waals surface area contributed by atoms with Gasteiger partial charge in [-0.05, 0) is 44.2 Å². The fraction of sp³-hybridized carbons (Fsp3) is 0.458. The molecule has 34 heavy (non-hydrogen) atoms. The summed E-state index contributed by atoms with van der Waals surface area (Å²) >= 11 is 0. The lowest BCUT2D eigenvalue weighted by molar-refractivity contribution is 0.171. The van der Waals surface area contributed by atoms with E-state index in [1.165, 1.54) is 30.7 Å². The molecule has 2 bridgehead atoms. The molecule has 2 aliphatic heterocycles. The van der Waals surface area contributed by atoms with E-state index in [1.54, 1.807) is 6.20 Å². The Morgan fingerprint density at radius 2 is 1.94 bits per heavy atom. The van der Waals surface area contributed by atoms with Crippen molar-refractivity contribution in [3.8, 4) is 28.1 Å². The lowest BCUT2D eigenvalue weighted by atomic mass is 9.96. The van der Waals surface area contributed by atoms with Crippen LogP contribution in [0.3, 0.4) is 0 Å². The van der Waals surface area contributed by atoms with E-state index in [0.29, 0.717) is 23.1 Å². The standard InChI is InChI=1S/C24H25F3N6O/c25-12-32-11-13(8-30-32)16-7-22(34)17(6-18(16)26)20-9-29-23(10-28-20)33(15-2-3-15)21-5-14-1-4-19(31-14)24(21)27/h6-11,14-15,19,21,24,31,34H,1-5,12H2/t14-,19+,21?,24?/m1/s1. The molecule has 4 atom stereocenters. The summed E-state index contributed by atoms with van der Waals surface area (Å²) in [7, 11) is 0. The van der Waals surface area contributed by atoms with Gasteiger partial charge in [0.05, 0.1) is 30.3 Å². The summed E-state index contributed by atoms with van der Waals surface area (Å²) in [6.45, 7) is -0.826. The fourth-order valence-electron chi connectivity index (χ4n) is 5.37. The average molecular weight is 470 g/mol. The number of benzene rings is 1. The van der Waals surface area contributed by atoms with Gasteiger partial charge in [0.1, 0.15) is 23.6 Å². The monoisotopic (exact) mass is 470 g/mol. The van der Waals surface area contributed by atoms with E-state index in [-0.39, 0.29) is 35.0 Å². The molecule has 2 aromatic heterocycles. The summed E-state index contributed by atoms with van der Waals surface area (Å²) in [5.74, 6) is -0.165. The Morgan fingerprint density at radius 1 is 1.09 bits per heavy atom. The van der Waals surface area contributed by atoms with Crippen LogP contribution in [-0.4, -0.2) is 55.2 Å². The number of halogens is 3. The second kappa shape index (κ2) is 8.26. The Balaban J connectivity index is 1.28. The third kappa shape index (κ3) is 3.70. The molecule has 0 radical (unpaired) electrons. The minimum absolute atomic E-state index is 0.104. The predicted molar refractivity (Wildman–Crippen MR) is 120 cm³/mol. The van der Waals surface area contributed by atoms with Crippen LogP contribution < -0.4 is 10.2 Å². The topological polar surface area (TPSA) is 79.1 Å². The largest absolute Gasteiger partial charge is 0.507 e. The molecule has 3 fully saturated rings. The van der Waals surface area contributed by atoms with Gasteiger partial charge in [0, 0.05) is 41.0 Å². The number of piperidine rings is 1. The van der Waals surface area contributed by atoms with Crippen molar-refractivity contribution >= 4 is 5.82 Å². The fourth-order valence-corrected chi connectivity index (χ4v) is 5.37. The van der Waals surface area contributed by atoms with Gasteiger partial charge in [0.25, 0.3) is 0 Å². The van der Waals surface area contributed by atoms with Gasteiger partial charge in [-0.3, -0.25) is 4.98 Å². The molecule has 1 saturated carbocycles. The molecule has 2 N–H and O–H groups in total. The Morgan fingerprint density at radius 3 is 2.65 bits per heavy atom. The van der Waals surface area contributed by atoms with Crippen LogP contribution in [0.2, 0.25) is 0 Å². The van der Waals surface area contributed by atoms with Gasteiger partial charge in [-0.15, -0.1) is 0 Å². The average Bonchev–Trinajstić information content (AvgIpc) is 3.41. The van der Waals surface area contributed by atoms with Crippen molar-refractivity contribution in [2.24, 2.45) is 0 Å². The number of phenolic OH excluding ortho intramolecular Hbond substituents is 1. The molecule has 3 aliphatic rings. The smallest absolute Gasteiger partial charge is 0.181 e. The minimum atomic E-state index is -0.965. The van der Waals surface area contributed by atoms with Crippen molar-refractivity contribution < 1.29 is 18.3 Å². The van der Waals surface area contributed by atoms with Gasteiger partial charge in [-0.1, -0.05) is 0 Å². The van der Waals surface area contributed by atoms with Gasteiger partial charge in [0.2, 0.25) is 0 Å². The maximum atomic E-state index is 15.3. The van der Waals surface area contributed by atoms with Crippen LogP contribution in [0, 0.1) is 5.82 Å². The van der Waals surface area contributed by atoms with Gasteiger partial charge >= 0.3 is 0 Å². The Labute approximate surface area is 194 Å². The van der Waals surface area contributed by atoms with Crippen molar-refractivity contribution in [2.75, 3.05) is 4.90 Å². The van der Waals surface area contributed by atoms with Crippen molar-refractivity contribution in [2.45, 2.75) is 69.2 Å².